The van der Waals surface area contributed by atoms with E-state index in [9.17, 15) is 0 Å². The van der Waals surface area contributed by atoms with Crippen LogP contribution in [0.25, 0.3) is 0 Å². The molecule has 5 nitrogen and oxygen atoms in total. The van der Waals surface area contributed by atoms with Crippen molar-refractivity contribution in [3.8, 4) is 11.8 Å². The molecule has 0 radical (unpaired) electrons. The molecule has 2 N–H and O–H groups in total. The van der Waals surface area contributed by atoms with Gasteiger partial charge < -0.3 is 15.4 Å². The van der Waals surface area contributed by atoms with Crippen molar-refractivity contribution in [2.45, 2.75) is 20.0 Å². The lowest BCUT2D eigenvalue weighted by molar-refractivity contribution is 0.358. The van der Waals surface area contributed by atoms with E-state index in [0.29, 0.717) is 31.2 Å². The molecule has 27 heavy (non-hydrogen) atoms. The van der Waals surface area contributed by atoms with E-state index in [2.05, 4.69) is 28.3 Å². The van der Waals surface area contributed by atoms with Gasteiger partial charge in [-0.15, -0.1) is 24.0 Å². The lowest BCUT2D eigenvalue weighted by Gasteiger charge is -2.14. The van der Waals surface area contributed by atoms with Crippen molar-refractivity contribution in [3.05, 3.63) is 77.9 Å². The van der Waals surface area contributed by atoms with E-state index in [1.807, 2.05) is 49.4 Å². The number of nitrogens with one attached hydrogen (secondary N) is 2. The summed E-state index contributed by atoms with van der Waals surface area (Å²) in [6.45, 7) is 8.03. The van der Waals surface area contributed by atoms with Crippen molar-refractivity contribution < 1.29 is 4.74 Å². The van der Waals surface area contributed by atoms with Gasteiger partial charge in [-0.3, -0.25) is 0 Å². The zero-order valence-electron chi connectivity index (χ0n) is 15.4. The lowest BCUT2D eigenvalue weighted by atomic mass is 10.1. The van der Waals surface area contributed by atoms with Crippen molar-refractivity contribution in [1.29, 1.82) is 5.26 Å². The number of ether oxygens (including phenoxy) is 1. The third-order valence-corrected chi connectivity index (χ3v) is 3.60. The first-order valence-electron chi connectivity index (χ1n) is 8.59. The average Bonchev–Trinajstić information content (AvgIpc) is 2.69. The molecule has 2 aromatic carbocycles. The van der Waals surface area contributed by atoms with Crippen LogP contribution in [-0.4, -0.2) is 19.1 Å². The highest BCUT2D eigenvalue weighted by atomic mass is 127. The Balaban J connectivity index is 0.00000364. The van der Waals surface area contributed by atoms with Crippen LogP contribution in [0.4, 0.5) is 0 Å². The number of halogens is 1. The van der Waals surface area contributed by atoms with Crippen LogP contribution in [0.5, 0.6) is 5.75 Å². The number of rotatable bonds is 8. The molecule has 0 saturated heterocycles. The number of para-hydroxylation sites is 1. The quantitative estimate of drug-likeness (QED) is 0.262. The number of nitriles is 1. The minimum Gasteiger partial charge on any atom is -0.489 e. The number of benzene rings is 2. The lowest BCUT2D eigenvalue weighted by Crippen LogP contribution is -2.36. The molecule has 0 saturated carbocycles. The Morgan fingerprint density at radius 1 is 1.22 bits per heavy atom. The summed E-state index contributed by atoms with van der Waals surface area (Å²) in [6, 6.07) is 17.5. The fraction of sp³-hybridized carbons (Fsp3) is 0.238. The Morgan fingerprint density at radius 3 is 2.78 bits per heavy atom. The largest absolute Gasteiger partial charge is 0.489 e. The van der Waals surface area contributed by atoms with Gasteiger partial charge in [0.1, 0.15) is 12.4 Å². The van der Waals surface area contributed by atoms with E-state index >= 15 is 0 Å². The standard InChI is InChI=1S/C21H24N4O.HI/c1-3-12-26-20-11-6-5-10-19(20)16-25-21(23-4-2)24-15-18-9-7-8-17(13-18)14-22;/h3,5-11,13H,1,4,12,15-16H2,2H3,(H2,23,24,25);1H. The molecular formula is C21H25IN4O. The summed E-state index contributed by atoms with van der Waals surface area (Å²) in [5, 5.41) is 15.5. The summed E-state index contributed by atoms with van der Waals surface area (Å²) < 4.78 is 5.68. The van der Waals surface area contributed by atoms with E-state index in [4.69, 9.17) is 10.00 Å². The third-order valence-electron chi connectivity index (χ3n) is 3.60. The molecule has 0 atom stereocenters. The topological polar surface area (TPSA) is 69.4 Å². The summed E-state index contributed by atoms with van der Waals surface area (Å²) in [4.78, 5) is 4.59. The van der Waals surface area contributed by atoms with Gasteiger partial charge in [0, 0.05) is 18.7 Å². The molecule has 6 heteroatoms. The third kappa shape index (κ3) is 7.71. The highest BCUT2D eigenvalue weighted by molar-refractivity contribution is 14.0. The second-order valence-electron chi connectivity index (χ2n) is 5.57. The smallest absolute Gasteiger partial charge is 0.191 e. The molecule has 0 bridgehead atoms. The van der Waals surface area contributed by atoms with Crippen LogP contribution in [0.2, 0.25) is 0 Å². The van der Waals surface area contributed by atoms with Crippen molar-refractivity contribution >= 4 is 29.9 Å². The Labute approximate surface area is 178 Å². The van der Waals surface area contributed by atoms with Crippen LogP contribution < -0.4 is 15.4 Å². The van der Waals surface area contributed by atoms with E-state index in [0.717, 1.165) is 23.4 Å². The minimum atomic E-state index is 0. The van der Waals surface area contributed by atoms with E-state index in [-0.39, 0.29) is 24.0 Å². The second-order valence-corrected chi connectivity index (χ2v) is 5.57. The Morgan fingerprint density at radius 2 is 2.04 bits per heavy atom. The van der Waals surface area contributed by atoms with Crippen molar-refractivity contribution in [2.24, 2.45) is 4.99 Å². The molecule has 0 aliphatic heterocycles. The summed E-state index contributed by atoms with van der Waals surface area (Å²) in [7, 11) is 0. The zero-order chi connectivity index (χ0) is 18.6. The Hall–Kier alpha value is -2.53. The van der Waals surface area contributed by atoms with Crippen LogP contribution >= 0.6 is 24.0 Å². The van der Waals surface area contributed by atoms with Crippen LogP contribution in [0.3, 0.4) is 0 Å². The molecule has 142 valence electrons. The highest BCUT2D eigenvalue weighted by Crippen LogP contribution is 2.17. The van der Waals surface area contributed by atoms with Gasteiger partial charge in [0.05, 0.1) is 18.2 Å². The molecule has 0 aliphatic carbocycles. The molecule has 0 heterocycles. The Kier molecular flexibility index (Phi) is 10.6. The van der Waals surface area contributed by atoms with E-state index in [1.54, 1.807) is 12.1 Å². The van der Waals surface area contributed by atoms with Gasteiger partial charge >= 0.3 is 0 Å². The number of aliphatic imine (C=N–C) groups is 1. The molecule has 2 aromatic rings. The van der Waals surface area contributed by atoms with Gasteiger partial charge in [-0.2, -0.15) is 5.26 Å². The minimum absolute atomic E-state index is 0. The fourth-order valence-electron chi connectivity index (χ4n) is 2.37. The number of nitrogens with zero attached hydrogens (tertiary/aromatic N) is 2. The van der Waals surface area contributed by atoms with Gasteiger partial charge in [0.25, 0.3) is 0 Å². The normalized spacial score (nSPS) is 10.3. The van der Waals surface area contributed by atoms with Crippen LogP contribution in [0.1, 0.15) is 23.6 Å². The molecule has 0 fully saturated rings. The van der Waals surface area contributed by atoms with Gasteiger partial charge in [-0.05, 0) is 30.7 Å². The molecule has 2 rings (SSSR count). The summed E-state index contributed by atoms with van der Waals surface area (Å²) in [5.74, 6) is 1.55. The predicted octanol–water partition coefficient (Wildman–Crippen LogP) is 4.00. The number of hydrogen-bond donors (Lipinski definition) is 2. The maximum atomic E-state index is 8.99. The maximum Gasteiger partial charge on any atom is 0.191 e. The van der Waals surface area contributed by atoms with Crippen LogP contribution in [-0.2, 0) is 13.1 Å². The molecular weight excluding hydrogens is 451 g/mol. The first kappa shape index (κ1) is 22.5. The van der Waals surface area contributed by atoms with Gasteiger partial charge in [0.15, 0.2) is 5.96 Å². The predicted molar refractivity (Wildman–Crippen MR) is 120 cm³/mol. The van der Waals surface area contributed by atoms with Gasteiger partial charge in [-0.1, -0.05) is 43.0 Å². The van der Waals surface area contributed by atoms with Crippen LogP contribution in [0, 0.1) is 11.3 Å². The maximum absolute atomic E-state index is 8.99. The molecule has 0 spiro atoms. The van der Waals surface area contributed by atoms with E-state index < -0.39 is 0 Å². The molecule has 0 unspecified atom stereocenters. The summed E-state index contributed by atoms with van der Waals surface area (Å²) in [5.41, 5.74) is 2.69. The van der Waals surface area contributed by atoms with Gasteiger partial charge in [-0.25, -0.2) is 4.99 Å². The number of hydrogen-bond acceptors (Lipinski definition) is 3. The Bertz CT molecular complexity index is 799. The van der Waals surface area contributed by atoms with Crippen molar-refractivity contribution in [1.82, 2.24) is 10.6 Å². The molecule has 0 amide bonds. The monoisotopic (exact) mass is 476 g/mol. The van der Waals surface area contributed by atoms with Gasteiger partial charge in [0.2, 0.25) is 0 Å². The fourth-order valence-corrected chi connectivity index (χ4v) is 2.37. The van der Waals surface area contributed by atoms with Crippen LogP contribution in [0.15, 0.2) is 66.2 Å². The second kappa shape index (κ2) is 12.8. The first-order chi connectivity index (χ1) is 12.8. The van der Waals surface area contributed by atoms with E-state index in [1.165, 1.54) is 0 Å². The van der Waals surface area contributed by atoms with Crippen molar-refractivity contribution in [3.63, 3.8) is 0 Å². The summed E-state index contributed by atoms with van der Waals surface area (Å²) >= 11 is 0. The molecule has 0 aliphatic rings. The average molecular weight is 476 g/mol. The van der Waals surface area contributed by atoms with Crippen molar-refractivity contribution in [2.75, 3.05) is 13.2 Å². The highest BCUT2D eigenvalue weighted by Gasteiger charge is 2.04. The SMILES string of the molecule is C=CCOc1ccccc1CNC(=NCc1cccc(C#N)c1)NCC.I. The summed E-state index contributed by atoms with van der Waals surface area (Å²) in [6.07, 6.45) is 1.73. The number of guanidine groups is 1. The zero-order valence-corrected chi connectivity index (χ0v) is 17.8. The first-order valence-corrected chi connectivity index (χ1v) is 8.59. The molecule has 0 aromatic heterocycles.